The number of hydrogen-bond acceptors (Lipinski definition) is 4. The summed E-state index contributed by atoms with van der Waals surface area (Å²) in [4.78, 5) is 2.43. The number of nitrogens with one attached hydrogen (secondary N) is 1. The van der Waals surface area contributed by atoms with Crippen LogP contribution in [0.2, 0.25) is 0 Å². The lowest BCUT2D eigenvalue weighted by atomic mass is 10.1. The molecule has 0 amide bonds. The van der Waals surface area contributed by atoms with Crippen LogP contribution >= 0.6 is 0 Å². The fourth-order valence-corrected chi connectivity index (χ4v) is 2.90. The predicted molar refractivity (Wildman–Crippen MR) is 63.0 cm³/mol. The molecule has 3 heterocycles. The third-order valence-corrected chi connectivity index (χ3v) is 3.69. The molecule has 5 nitrogen and oxygen atoms in total. The summed E-state index contributed by atoms with van der Waals surface area (Å²) in [6.45, 7) is 4.03. The Kier molecular flexibility index (Phi) is 2.10. The minimum atomic E-state index is 0.355. The highest BCUT2D eigenvalue weighted by Crippen LogP contribution is 2.37. The van der Waals surface area contributed by atoms with Crippen LogP contribution in [0, 0.1) is 6.92 Å². The lowest BCUT2D eigenvalue weighted by Gasteiger charge is -2.32. The molecule has 0 bridgehead atoms. The lowest BCUT2D eigenvalue weighted by molar-refractivity contribution is 0.118. The first-order valence-electron chi connectivity index (χ1n) is 5.77. The SMILES string of the molecule is COC1CC2CNc3c(C)nn(C)c3N2C1. The summed E-state index contributed by atoms with van der Waals surface area (Å²) in [5.74, 6) is 1.22. The zero-order chi connectivity index (χ0) is 11.3. The van der Waals surface area contributed by atoms with Gasteiger partial charge in [0.15, 0.2) is 5.82 Å². The number of methoxy groups -OCH3 is 1. The van der Waals surface area contributed by atoms with Crippen molar-refractivity contribution in [2.75, 3.05) is 30.4 Å². The Bertz CT molecular complexity index is 414. The Balaban J connectivity index is 2.00. The third-order valence-electron chi connectivity index (χ3n) is 3.69. The average molecular weight is 222 g/mol. The predicted octanol–water partition coefficient (Wildman–Crippen LogP) is 0.748. The molecule has 2 unspecified atom stereocenters. The van der Waals surface area contributed by atoms with Crippen molar-refractivity contribution >= 4 is 11.5 Å². The first kappa shape index (κ1) is 9.96. The van der Waals surface area contributed by atoms with Crippen molar-refractivity contribution in [2.45, 2.75) is 25.5 Å². The maximum Gasteiger partial charge on any atom is 0.151 e. The molecule has 5 heteroatoms. The maximum atomic E-state index is 5.47. The number of hydrogen-bond donors (Lipinski definition) is 1. The van der Waals surface area contributed by atoms with E-state index in [1.807, 2.05) is 11.7 Å². The molecule has 2 aliphatic rings. The monoisotopic (exact) mass is 222 g/mol. The van der Waals surface area contributed by atoms with Crippen molar-refractivity contribution < 1.29 is 4.74 Å². The highest BCUT2D eigenvalue weighted by Gasteiger charge is 2.38. The zero-order valence-corrected chi connectivity index (χ0v) is 10.0. The Morgan fingerprint density at radius 1 is 1.50 bits per heavy atom. The minimum absolute atomic E-state index is 0.355. The number of nitrogens with zero attached hydrogens (tertiary/aromatic N) is 3. The van der Waals surface area contributed by atoms with Crippen LogP contribution in [0.4, 0.5) is 11.5 Å². The second-order valence-corrected chi connectivity index (χ2v) is 4.69. The number of ether oxygens (including phenoxy) is 1. The summed E-state index contributed by atoms with van der Waals surface area (Å²) in [6.07, 6.45) is 1.46. The van der Waals surface area contributed by atoms with Crippen LogP contribution in [0.15, 0.2) is 0 Å². The van der Waals surface area contributed by atoms with Gasteiger partial charge in [-0.3, -0.25) is 4.68 Å². The van der Waals surface area contributed by atoms with Crippen LogP contribution in [-0.4, -0.2) is 42.1 Å². The minimum Gasteiger partial charge on any atom is -0.380 e. The first-order valence-corrected chi connectivity index (χ1v) is 5.77. The molecule has 88 valence electrons. The molecule has 1 N–H and O–H groups in total. The molecule has 0 saturated carbocycles. The molecule has 1 saturated heterocycles. The molecule has 0 radical (unpaired) electrons. The van der Waals surface area contributed by atoms with Crippen LogP contribution in [-0.2, 0) is 11.8 Å². The van der Waals surface area contributed by atoms with Crippen LogP contribution in [0.1, 0.15) is 12.1 Å². The van der Waals surface area contributed by atoms with Gasteiger partial charge in [0.2, 0.25) is 0 Å². The van der Waals surface area contributed by atoms with Gasteiger partial charge < -0.3 is 15.0 Å². The lowest BCUT2D eigenvalue weighted by Crippen LogP contribution is -2.40. The normalized spacial score (nSPS) is 27.6. The number of aromatic nitrogens is 2. The average Bonchev–Trinajstić information content (AvgIpc) is 2.80. The standard InChI is InChI=1S/C11H18N4O/c1-7-10-11(14(2)13-7)15-6-9(16-3)4-8(15)5-12-10/h8-9,12H,4-6H2,1-3H3. The van der Waals surface area contributed by atoms with E-state index in [0.29, 0.717) is 12.1 Å². The molecule has 3 rings (SSSR count). The van der Waals surface area contributed by atoms with E-state index in [0.717, 1.165) is 25.2 Å². The van der Waals surface area contributed by atoms with E-state index >= 15 is 0 Å². The van der Waals surface area contributed by atoms with Gasteiger partial charge in [-0.05, 0) is 13.3 Å². The Labute approximate surface area is 95.4 Å². The van der Waals surface area contributed by atoms with Crippen LogP contribution in [0.25, 0.3) is 0 Å². The quantitative estimate of drug-likeness (QED) is 0.761. The molecule has 2 aliphatic heterocycles. The van der Waals surface area contributed by atoms with Crippen LogP contribution in [0.5, 0.6) is 0 Å². The third kappa shape index (κ3) is 1.24. The van der Waals surface area contributed by atoms with E-state index in [-0.39, 0.29) is 0 Å². The molecular weight excluding hydrogens is 204 g/mol. The van der Waals surface area contributed by atoms with Crippen molar-refractivity contribution in [3.63, 3.8) is 0 Å². The summed E-state index contributed by atoms with van der Waals surface area (Å²) >= 11 is 0. The summed E-state index contributed by atoms with van der Waals surface area (Å²) in [6, 6.07) is 0.548. The van der Waals surface area contributed by atoms with E-state index in [4.69, 9.17) is 4.74 Å². The van der Waals surface area contributed by atoms with Gasteiger partial charge in [-0.1, -0.05) is 0 Å². The molecule has 1 fully saturated rings. The summed E-state index contributed by atoms with van der Waals surface area (Å²) in [5.41, 5.74) is 2.27. The van der Waals surface area contributed by atoms with Gasteiger partial charge in [0.25, 0.3) is 0 Å². The highest BCUT2D eigenvalue weighted by atomic mass is 16.5. The Morgan fingerprint density at radius 2 is 2.31 bits per heavy atom. The largest absolute Gasteiger partial charge is 0.380 e. The number of aryl methyl sites for hydroxylation is 2. The summed E-state index contributed by atoms with van der Waals surface area (Å²) in [7, 11) is 3.81. The fourth-order valence-electron chi connectivity index (χ4n) is 2.90. The molecule has 2 atom stereocenters. The van der Waals surface area contributed by atoms with E-state index in [2.05, 4.69) is 22.2 Å². The van der Waals surface area contributed by atoms with Gasteiger partial charge in [-0.15, -0.1) is 0 Å². The molecule has 0 aromatic carbocycles. The second kappa shape index (κ2) is 3.38. The fraction of sp³-hybridized carbons (Fsp3) is 0.727. The van der Waals surface area contributed by atoms with E-state index < -0.39 is 0 Å². The second-order valence-electron chi connectivity index (χ2n) is 4.69. The van der Waals surface area contributed by atoms with Crippen molar-refractivity contribution in [3.8, 4) is 0 Å². The van der Waals surface area contributed by atoms with E-state index in [1.165, 1.54) is 11.5 Å². The van der Waals surface area contributed by atoms with Gasteiger partial charge in [-0.2, -0.15) is 5.10 Å². The van der Waals surface area contributed by atoms with Gasteiger partial charge in [-0.25, -0.2) is 0 Å². The van der Waals surface area contributed by atoms with Gasteiger partial charge in [0.1, 0.15) is 5.69 Å². The smallest absolute Gasteiger partial charge is 0.151 e. The van der Waals surface area contributed by atoms with Crippen LogP contribution < -0.4 is 10.2 Å². The Morgan fingerprint density at radius 3 is 3.06 bits per heavy atom. The highest BCUT2D eigenvalue weighted by molar-refractivity contribution is 5.72. The van der Waals surface area contributed by atoms with Crippen molar-refractivity contribution in [1.82, 2.24) is 9.78 Å². The van der Waals surface area contributed by atoms with Gasteiger partial charge >= 0.3 is 0 Å². The number of fused-ring (bicyclic) bond motifs is 3. The van der Waals surface area contributed by atoms with Gasteiger partial charge in [0.05, 0.1) is 17.8 Å². The van der Waals surface area contributed by atoms with E-state index in [1.54, 1.807) is 7.11 Å². The topological polar surface area (TPSA) is 42.3 Å². The Hall–Kier alpha value is -1.23. The van der Waals surface area contributed by atoms with E-state index in [9.17, 15) is 0 Å². The molecule has 0 aliphatic carbocycles. The molecule has 1 aromatic rings. The molecule has 1 aromatic heterocycles. The molecular formula is C11H18N4O. The van der Waals surface area contributed by atoms with Crippen molar-refractivity contribution in [3.05, 3.63) is 5.69 Å². The number of anilines is 2. The summed E-state index contributed by atoms with van der Waals surface area (Å²) in [5, 5.41) is 7.96. The van der Waals surface area contributed by atoms with Crippen molar-refractivity contribution in [2.24, 2.45) is 7.05 Å². The molecule has 16 heavy (non-hydrogen) atoms. The number of rotatable bonds is 1. The first-order chi connectivity index (χ1) is 7.70. The van der Waals surface area contributed by atoms with Crippen LogP contribution in [0.3, 0.4) is 0 Å². The maximum absolute atomic E-state index is 5.47. The zero-order valence-electron chi connectivity index (χ0n) is 10.0. The van der Waals surface area contributed by atoms with Gasteiger partial charge in [0, 0.05) is 27.2 Å². The van der Waals surface area contributed by atoms with Crippen molar-refractivity contribution in [1.29, 1.82) is 0 Å². The summed E-state index contributed by atoms with van der Waals surface area (Å²) < 4.78 is 7.44. The molecule has 0 spiro atoms.